The molecule has 96 valence electrons. The first-order valence-corrected chi connectivity index (χ1v) is 6.58. The second-order valence-electron chi connectivity index (χ2n) is 4.28. The van der Waals surface area contributed by atoms with Crippen molar-refractivity contribution in [2.24, 2.45) is 5.92 Å². The van der Waals surface area contributed by atoms with Crippen LogP contribution in [0.25, 0.3) is 0 Å². The minimum absolute atomic E-state index is 0.108. The smallest absolute Gasteiger partial charge is 0.267 e. The Hall–Kier alpha value is -0.810. The van der Waals surface area contributed by atoms with Gasteiger partial charge in [0, 0.05) is 23.8 Å². The summed E-state index contributed by atoms with van der Waals surface area (Å²) in [6, 6.07) is 1.74. The summed E-state index contributed by atoms with van der Waals surface area (Å²) >= 11 is 3.28. The van der Waals surface area contributed by atoms with E-state index in [9.17, 15) is 4.79 Å². The molecule has 0 bridgehead atoms. The van der Waals surface area contributed by atoms with Crippen LogP contribution in [-0.2, 0) is 4.74 Å². The van der Waals surface area contributed by atoms with E-state index in [1.54, 1.807) is 12.3 Å². The van der Waals surface area contributed by atoms with Gasteiger partial charge in [-0.3, -0.25) is 4.79 Å². The van der Waals surface area contributed by atoms with Crippen LogP contribution in [0, 0.1) is 5.92 Å². The topological polar surface area (TPSA) is 54.1 Å². The molecular weight excluding hydrogens is 284 g/mol. The molecule has 2 N–H and O–H groups in total. The summed E-state index contributed by atoms with van der Waals surface area (Å²) < 4.78 is 6.27. The van der Waals surface area contributed by atoms with E-state index in [4.69, 9.17) is 4.74 Å². The Labute approximate surface area is 110 Å². The fourth-order valence-corrected chi connectivity index (χ4v) is 1.60. The largest absolute Gasteiger partial charge is 0.380 e. The van der Waals surface area contributed by atoms with E-state index in [0.29, 0.717) is 24.8 Å². The lowest BCUT2D eigenvalue weighted by atomic mass is 10.1. The van der Waals surface area contributed by atoms with E-state index in [1.165, 1.54) is 0 Å². The zero-order chi connectivity index (χ0) is 12.7. The summed E-state index contributed by atoms with van der Waals surface area (Å²) in [5.41, 5.74) is 0.555. The number of rotatable bonds is 7. The van der Waals surface area contributed by atoms with Crippen molar-refractivity contribution < 1.29 is 9.53 Å². The molecule has 0 radical (unpaired) electrons. The number of carbonyl (C=O) groups is 1. The summed E-state index contributed by atoms with van der Waals surface area (Å²) in [6.45, 7) is 6.16. The van der Waals surface area contributed by atoms with Gasteiger partial charge in [-0.25, -0.2) is 0 Å². The molecule has 0 saturated heterocycles. The standard InChI is InChI=1S/C12H19BrN2O2/c1-9(2)3-5-17-6-4-14-12(16)11-7-10(13)8-15-11/h7-9,15H,3-6H2,1-2H3,(H,14,16). The highest BCUT2D eigenvalue weighted by molar-refractivity contribution is 9.10. The van der Waals surface area contributed by atoms with Crippen LogP contribution >= 0.6 is 15.9 Å². The molecule has 0 fully saturated rings. The van der Waals surface area contributed by atoms with Gasteiger partial charge in [-0.2, -0.15) is 0 Å². The van der Waals surface area contributed by atoms with E-state index >= 15 is 0 Å². The average Bonchev–Trinajstić information content (AvgIpc) is 2.69. The average molecular weight is 303 g/mol. The third-order valence-electron chi connectivity index (χ3n) is 2.26. The maximum absolute atomic E-state index is 11.6. The van der Waals surface area contributed by atoms with Crippen molar-refractivity contribution in [2.75, 3.05) is 19.8 Å². The van der Waals surface area contributed by atoms with E-state index in [-0.39, 0.29) is 5.91 Å². The lowest BCUT2D eigenvalue weighted by Gasteiger charge is -2.07. The number of aromatic amines is 1. The molecule has 0 aliphatic carbocycles. The van der Waals surface area contributed by atoms with Crippen molar-refractivity contribution >= 4 is 21.8 Å². The zero-order valence-corrected chi connectivity index (χ0v) is 11.8. The molecule has 1 amide bonds. The minimum Gasteiger partial charge on any atom is -0.380 e. The molecule has 0 unspecified atom stereocenters. The van der Waals surface area contributed by atoms with Crippen LogP contribution < -0.4 is 5.32 Å². The predicted molar refractivity (Wildman–Crippen MR) is 71.1 cm³/mol. The number of aromatic nitrogens is 1. The van der Waals surface area contributed by atoms with E-state index in [0.717, 1.165) is 17.5 Å². The number of hydrogen-bond donors (Lipinski definition) is 2. The summed E-state index contributed by atoms with van der Waals surface area (Å²) in [7, 11) is 0. The summed E-state index contributed by atoms with van der Waals surface area (Å²) in [6.07, 6.45) is 2.78. The second kappa shape index (κ2) is 7.50. The molecular formula is C12H19BrN2O2. The lowest BCUT2D eigenvalue weighted by Crippen LogP contribution is -2.27. The van der Waals surface area contributed by atoms with Gasteiger partial charge in [-0.1, -0.05) is 13.8 Å². The molecule has 4 nitrogen and oxygen atoms in total. The molecule has 0 aliphatic rings. The molecule has 0 aromatic carbocycles. The van der Waals surface area contributed by atoms with Crippen molar-refractivity contribution in [2.45, 2.75) is 20.3 Å². The Bertz CT molecular complexity index is 350. The van der Waals surface area contributed by atoms with Gasteiger partial charge in [0.1, 0.15) is 5.69 Å². The highest BCUT2D eigenvalue weighted by atomic mass is 79.9. The Morgan fingerprint density at radius 3 is 2.88 bits per heavy atom. The Morgan fingerprint density at radius 1 is 1.53 bits per heavy atom. The molecule has 17 heavy (non-hydrogen) atoms. The number of halogens is 1. The summed E-state index contributed by atoms with van der Waals surface area (Å²) in [5, 5.41) is 2.78. The van der Waals surface area contributed by atoms with Crippen molar-refractivity contribution in [1.82, 2.24) is 10.3 Å². The van der Waals surface area contributed by atoms with Gasteiger partial charge < -0.3 is 15.0 Å². The van der Waals surface area contributed by atoms with Crippen LogP contribution in [0.4, 0.5) is 0 Å². The fraction of sp³-hybridized carbons (Fsp3) is 0.583. The molecule has 0 saturated carbocycles. The van der Waals surface area contributed by atoms with Crippen LogP contribution in [0.2, 0.25) is 0 Å². The number of ether oxygens (including phenoxy) is 1. The van der Waals surface area contributed by atoms with Crippen LogP contribution in [0.3, 0.4) is 0 Å². The Balaban J connectivity index is 2.09. The molecule has 1 aromatic rings. The van der Waals surface area contributed by atoms with Gasteiger partial charge >= 0.3 is 0 Å². The predicted octanol–water partition coefficient (Wildman–Crippen LogP) is 2.57. The molecule has 1 aromatic heterocycles. The van der Waals surface area contributed by atoms with Crippen LogP contribution in [0.5, 0.6) is 0 Å². The third kappa shape index (κ3) is 5.89. The Morgan fingerprint density at radius 2 is 2.29 bits per heavy atom. The highest BCUT2D eigenvalue weighted by Crippen LogP contribution is 2.10. The minimum atomic E-state index is -0.108. The summed E-state index contributed by atoms with van der Waals surface area (Å²) in [4.78, 5) is 14.5. The van der Waals surface area contributed by atoms with Crippen molar-refractivity contribution in [3.63, 3.8) is 0 Å². The number of amides is 1. The first-order chi connectivity index (χ1) is 8.09. The molecule has 1 heterocycles. The second-order valence-corrected chi connectivity index (χ2v) is 5.20. The van der Waals surface area contributed by atoms with E-state index in [2.05, 4.69) is 40.1 Å². The SMILES string of the molecule is CC(C)CCOCCNC(=O)c1cc(Br)c[nH]1. The van der Waals surface area contributed by atoms with Gasteiger partial charge in [0.05, 0.1) is 6.61 Å². The maximum Gasteiger partial charge on any atom is 0.267 e. The lowest BCUT2D eigenvalue weighted by molar-refractivity contribution is 0.0902. The molecule has 1 rings (SSSR count). The first-order valence-electron chi connectivity index (χ1n) is 5.79. The molecule has 0 spiro atoms. The quantitative estimate of drug-likeness (QED) is 0.761. The highest BCUT2D eigenvalue weighted by Gasteiger charge is 2.06. The molecule has 0 aliphatic heterocycles. The van der Waals surface area contributed by atoms with Gasteiger partial charge in [0.15, 0.2) is 0 Å². The van der Waals surface area contributed by atoms with Crippen LogP contribution in [-0.4, -0.2) is 30.6 Å². The van der Waals surface area contributed by atoms with Gasteiger partial charge in [-0.05, 0) is 34.3 Å². The van der Waals surface area contributed by atoms with Crippen molar-refractivity contribution in [1.29, 1.82) is 0 Å². The zero-order valence-electron chi connectivity index (χ0n) is 10.3. The normalized spacial score (nSPS) is 10.8. The monoisotopic (exact) mass is 302 g/mol. The van der Waals surface area contributed by atoms with Gasteiger partial charge in [-0.15, -0.1) is 0 Å². The maximum atomic E-state index is 11.6. The Kier molecular flexibility index (Phi) is 6.29. The number of H-pyrrole nitrogens is 1. The molecule has 0 atom stereocenters. The van der Waals surface area contributed by atoms with Crippen LogP contribution in [0.15, 0.2) is 16.7 Å². The van der Waals surface area contributed by atoms with Crippen LogP contribution in [0.1, 0.15) is 30.8 Å². The molecule has 5 heteroatoms. The van der Waals surface area contributed by atoms with E-state index < -0.39 is 0 Å². The van der Waals surface area contributed by atoms with Gasteiger partial charge in [0.25, 0.3) is 5.91 Å². The van der Waals surface area contributed by atoms with Gasteiger partial charge in [0.2, 0.25) is 0 Å². The van der Waals surface area contributed by atoms with Crippen molar-refractivity contribution in [3.8, 4) is 0 Å². The fourth-order valence-electron chi connectivity index (χ4n) is 1.25. The third-order valence-corrected chi connectivity index (χ3v) is 2.72. The van der Waals surface area contributed by atoms with Crippen molar-refractivity contribution in [3.05, 3.63) is 22.4 Å². The summed E-state index contributed by atoms with van der Waals surface area (Å²) in [5.74, 6) is 0.545. The van der Waals surface area contributed by atoms with E-state index in [1.807, 2.05) is 0 Å². The number of carbonyl (C=O) groups excluding carboxylic acids is 1. The first kappa shape index (κ1) is 14.3. The number of nitrogens with one attached hydrogen (secondary N) is 2. The number of hydrogen-bond acceptors (Lipinski definition) is 2.